The second-order valence-electron chi connectivity index (χ2n) is 5.61. The minimum absolute atomic E-state index is 0.0224. The first-order valence-corrected chi connectivity index (χ1v) is 9.48. The van der Waals surface area contributed by atoms with Gasteiger partial charge in [0.05, 0.1) is 39.6 Å². The van der Waals surface area contributed by atoms with Crippen LogP contribution in [-0.2, 0) is 47.5 Å². The minimum atomic E-state index is -0.625. The molecule has 12 heteroatoms. The fourth-order valence-corrected chi connectivity index (χ4v) is 1.71. The fourth-order valence-electron chi connectivity index (χ4n) is 1.71. The smallest absolute Gasteiger partial charge is 0.407 e. The Labute approximate surface area is 175 Å². The fraction of sp³-hybridized carbons (Fsp3) is 0.778. The molecule has 174 valence electrons. The molecule has 0 aliphatic carbocycles. The van der Waals surface area contributed by atoms with Crippen LogP contribution in [0.25, 0.3) is 0 Å². The van der Waals surface area contributed by atoms with Crippen LogP contribution in [0.4, 0.5) is 4.79 Å². The predicted octanol–water partition coefficient (Wildman–Crippen LogP) is 0.170. The molecule has 1 N–H and O–H groups in total. The molecule has 0 rings (SSSR count). The maximum Gasteiger partial charge on any atom is 0.407 e. The molecular formula is C18H31NO11. The van der Waals surface area contributed by atoms with Crippen LogP contribution in [0.15, 0.2) is 0 Å². The van der Waals surface area contributed by atoms with Gasteiger partial charge in [-0.25, -0.2) is 4.79 Å². The van der Waals surface area contributed by atoms with Gasteiger partial charge in [-0.05, 0) is 6.42 Å². The SMILES string of the molecule is CC(=O)OCCCC(=O)OCCOCOCCOCCOC(=O)NCCOC(C)=O. The maximum absolute atomic E-state index is 11.4. The standard InChI is InChI=1S/C18H31NO11/c1-15(20)27-6-3-4-17(22)29-12-11-26-14-25-9-8-24-10-13-30-18(23)19-5-7-28-16(2)21/h3-14H2,1-2H3,(H,19,23). The Morgan fingerprint density at radius 2 is 1.20 bits per heavy atom. The van der Waals surface area contributed by atoms with Gasteiger partial charge in [0.1, 0.15) is 26.6 Å². The first kappa shape index (κ1) is 27.6. The molecule has 0 aromatic rings. The van der Waals surface area contributed by atoms with Crippen LogP contribution in [-0.4, -0.2) is 90.2 Å². The van der Waals surface area contributed by atoms with Gasteiger partial charge in [-0.1, -0.05) is 0 Å². The van der Waals surface area contributed by atoms with Crippen molar-refractivity contribution in [3.05, 3.63) is 0 Å². The van der Waals surface area contributed by atoms with Gasteiger partial charge in [0.2, 0.25) is 0 Å². The summed E-state index contributed by atoms with van der Waals surface area (Å²) >= 11 is 0. The molecule has 30 heavy (non-hydrogen) atoms. The molecule has 0 spiro atoms. The summed E-state index contributed by atoms with van der Waals surface area (Å²) in [5, 5.41) is 2.41. The molecule has 0 aliphatic heterocycles. The predicted molar refractivity (Wildman–Crippen MR) is 100 cm³/mol. The number of carbonyl (C=O) groups is 4. The van der Waals surface area contributed by atoms with Gasteiger partial charge in [-0.3, -0.25) is 14.4 Å². The zero-order chi connectivity index (χ0) is 22.5. The first-order chi connectivity index (χ1) is 14.4. The molecule has 0 fully saturated rings. The third-order valence-electron chi connectivity index (χ3n) is 3.00. The molecule has 0 atom stereocenters. The highest BCUT2D eigenvalue weighted by Gasteiger charge is 2.04. The van der Waals surface area contributed by atoms with Crippen molar-refractivity contribution in [1.29, 1.82) is 0 Å². The van der Waals surface area contributed by atoms with E-state index in [-0.39, 0.29) is 84.6 Å². The number of esters is 3. The van der Waals surface area contributed by atoms with E-state index in [2.05, 4.69) is 10.1 Å². The number of carbonyl (C=O) groups excluding carboxylic acids is 4. The number of hydrogen-bond acceptors (Lipinski definition) is 11. The number of ether oxygens (including phenoxy) is 7. The van der Waals surface area contributed by atoms with E-state index in [1.54, 1.807) is 0 Å². The minimum Gasteiger partial charge on any atom is -0.466 e. The molecular weight excluding hydrogens is 406 g/mol. The Balaban J connectivity index is 3.25. The Hall–Kier alpha value is -2.44. The molecule has 0 unspecified atom stereocenters. The van der Waals surface area contributed by atoms with Crippen LogP contribution in [0.3, 0.4) is 0 Å². The van der Waals surface area contributed by atoms with Crippen LogP contribution < -0.4 is 5.32 Å². The van der Waals surface area contributed by atoms with Gasteiger partial charge in [-0.15, -0.1) is 0 Å². The molecule has 0 aliphatic rings. The van der Waals surface area contributed by atoms with Crippen LogP contribution in [0.1, 0.15) is 26.7 Å². The van der Waals surface area contributed by atoms with Crippen LogP contribution in [0.2, 0.25) is 0 Å². The zero-order valence-electron chi connectivity index (χ0n) is 17.5. The number of amides is 1. The second-order valence-corrected chi connectivity index (χ2v) is 5.61. The van der Waals surface area contributed by atoms with E-state index in [0.29, 0.717) is 6.42 Å². The quantitative estimate of drug-likeness (QED) is 0.135. The Bertz CT molecular complexity index is 455. The summed E-state index contributed by atoms with van der Waals surface area (Å²) in [6, 6.07) is 0. The number of hydrogen-bond donors (Lipinski definition) is 1. The van der Waals surface area contributed by atoms with Crippen LogP contribution in [0, 0.1) is 0 Å². The summed E-state index contributed by atoms with van der Waals surface area (Å²) in [6.45, 7) is 4.19. The lowest BCUT2D eigenvalue weighted by molar-refractivity contribution is -0.149. The molecule has 0 radical (unpaired) electrons. The van der Waals surface area contributed by atoms with Crippen LogP contribution >= 0.6 is 0 Å². The number of nitrogens with one attached hydrogen (secondary N) is 1. The van der Waals surface area contributed by atoms with Crippen molar-refractivity contribution in [2.24, 2.45) is 0 Å². The molecule has 12 nitrogen and oxygen atoms in total. The highest BCUT2D eigenvalue weighted by molar-refractivity contribution is 5.69. The summed E-state index contributed by atoms with van der Waals surface area (Å²) in [4.78, 5) is 43.7. The summed E-state index contributed by atoms with van der Waals surface area (Å²) in [5.41, 5.74) is 0. The van der Waals surface area contributed by atoms with Gasteiger partial charge >= 0.3 is 24.0 Å². The maximum atomic E-state index is 11.4. The van der Waals surface area contributed by atoms with Gasteiger partial charge in [-0.2, -0.15) is 0 Å². The van der Waals surface area contributed by atoms with Crippen molar-refractivity contribution in [3.63, 3.8) is 0 Å². The Kier molecular flexibility index (Phi) is 18.2. The highest BCUT2D eigenvalue weighted by atomic mass is 16.7. The Morgan fingerprint density at radius 3 is 1.90 bits per heavy atom. The van der Waals surface area contributed by atoms with E-state index in [1.165, 1.54) is 13.8 Å². The van der Waals surface area contributed by atoms with E-state index < -0.39 is 12.1 Å². The van der Waals surface area contributed by atoms with E-state index >= 15 is 0 Å². The van der Waals surface area contributed by atoms with Crippen molar-refractivity contribution in [3.8, 4) is 0 Å². The summed E-state index contributed by atoms with van der Waals surface area (Å²) in [5.74, 6) is -1.19. The average Bonchev–Trinajstić information content (AvgIpc) is 2.69. The average molecular weight is 437 g/mol. The van der Waals surface area contributed by atoms with Gasteiger partial charge in [0.15, 0.2) is 0 Å². The first-order valence-electron chi connectivity index (χ1n) is 9.48. The third-order valence-corrected chi connectivity index (χ3v) is 3.00. The van der Waals surface area contributed by atoms with Crippen molar-refractivity contribution in [1.82, 2.24) is 5.32 Å². The van der Waals surface area contributed by atoms with E-state index in [4.69, 9.17) is 28.4 Å². The zero-order valence-corrected chi connectivity index (χ0v) is 17.5. The van der Waals surface area contributed by atoms with E-state index in [0.717, 1.165) is 0 Å². The molecule has 0 bridgehead atoms. The van der Waals surface area contributed by atoms with Crippen molar-refractivity contribution >= 4 is 24.0 Å². The third kappa shape index (κ3) is 21.9. The second kappa shape index (κ2) is 19.9. The van der Waals surface area contributed by atoms with E-state index in [1.807, 2.05) is 0 Å². The summed E-state index contributed by atoms with van der Waals surface area (Å²) < 4.78 is 34.6. The number of alkyl carbamates (subject to hydrolysis) is 1. The van der Waals surface area contributed by atoms with E-state index in [9.17, 15) is 19.2 Å². The number of rotatable bonds is 18. The normalized spacial score (nSPS) is 10.2. The monoisotopic (exact) mass is 437 g/mol. The van der Waals surface area contributed by atoms with Gasteiger partial charge in [0, 0.05) is 20.3 Å². The lowest BCUT2D eigenvalue weighted by Gasteiger charge is -2.09. The largest absolute Gasteiger partial charge is 0.466 e. The molecule has 0 aromatic carbocycles. The Morgan fingerprint density at radius 1 is 0.633 bits per heavy atom. The summed E-state index contributed by atoms with van der Waals surface area (Å²) in [6.07, 6.45) is -0.0462. The highest BCUT2D eigenvalue weighted by Crippen LogP contribution is 1.94. The van der Waals surface area contributed by atoms with Gasteiger partial charge < -0.3 is 38.5 Å². The molecule has 0 aromatic heterocycles. The van der Waals surface area contributed by atoms with Crippen molar-refractivity contribution in [2.45, 2.75) is 26.7 Å². The lowest BCUT2D eigenvalue weighted by atomic mass is 10.3. The van der Waals surface area contributed by atoms with Crippen molar-refractivity contribution < 1.29 is 52.3 Å². The molecule has 0 saturated carbocycles. The van der Waals surface area contributed by atoms with Crippen molar-refractivity contribution in [2.75, 3.05) is 66.2 Å². The lowest BCUT2D eigenvalue weighted by Crippen LogP contribution is -2.29. The molecule has 0 saturated heterocycles. The topological polar surface area (TPSA) is 145 Å². The van der Waals surface area contributed by atoms with Crippen LogP contribution in [0.5, 0.6) is 0 Å². The molecule has 0 heterocycles. The summed E-state index contributed by atoms with van der Waals surface area (Å²) in [7, 11) is 0. The van der Waals surface area contributed by atoms with Gasteiger partial charge in [0.25, 0.3) is 0 Å². The molecule has 1 amide bonds.